The largest absolute Gasteiger partial charge is 0.482 e. The topological polar surface area (TPSA) is 106 Å². The van der Waals surface area contributed by atoms with Crippen molar-refractivity contribution in [1.82, 2.24) is 5.43 Å². The SMILES string of the molecule is CCOC(=O)COc1cccc(C=NNC(=O)CCC(=O)Nc2ccccc2Cl)c1. The van der Waals surface area contributed by atoms with Crippen molar-refractivity contribution >= 4 is 41.3 Å². The van der Waals surface area contributed by atoms with Crippen molar-refractivity contribution in [2.75, 3.05) is 18.5 Å². The quantitative estimate of drug-likeness (QED) is 0.341. The van der Waals surface area contributed by atoms with Gasteiger partial charge in [0.2, 0.25) is 11.8 Å². The van der Waals surface area contributed by atoms with Gasteiger partial charge in [-0.3, -0.25) is 9.59 Å². The van der Waals surface area contributed by atoms with Crippen molar-refractivity contribution in [3.63, 3.8) is 0 Å². The Morgan fingerprint density at radius 2 is 1.83 bits per heavy atom. The number of carbonyl (C=O) groups excluding carboxylic acids is 3. The molecule has 2 N–H and O–H groups in total. The highest BCUT2D eigenvalue weighted by molar-refractivity contribution is 6.33. The number of anilines is 1. The van der Waals surface area contributed by atoms with E-state index >= 15 is 0 Å². The van der Waals surface area contributed by atoms with E-state index in [4.69, 9.17) is 21.1 Å². The molecule has 0 fully saturated rings. The number of ether oxygens (including phenoxy) is 2. The second kappa shape index (κ2) is 12.2. The molecular weight excluding hydrogens is 410 g/mol. The molecule has 0 saturated heterocycles. The van der Waals surface area contributed by atoms with Crippen LogP contribution in [0.15, 0.2) is 53.6 Å². The van der Waals surface area contributed by atoms with Gasteiger partial charge in [-0.15, -0.1) is 0 Å². The van der Waals surface area contributed by atoms with Crippen molar-refractivity contribution in [2.24, 2.45) is 5.10 Å². The van der Waals surface area contributed by atoms with Gasteiger partial charge >= 0.3 is 5.97 Å². The fourth-order valence-electron chi connectivity index (χ4n) is 2.27. The van der Waals surface area contributed by atoms with Gasteiger partial charge in [-0.05, 0) is 36.8 Å². The van der Waals surface area contributed by atoms with Crippen LogP contribution in [0.5, 0.6) is 5.75 Å². The van der Waals surface area contributed by atoms with Crippen LogP contribution in [0.4, 0.5) is 5.69 Å². The molecule has 8 nitrogen and oxygen atoms in total. The first-order chi connectivity index (χ1) is 14.5. The van der Waals surface area contributed by atoms with Gasteiger partial charge in [0.1, 0.15) is 5.75 Å². The molecule has 0 bridgehead atoms. The van der Waals surface area contributed by atoms with Crippen LogP contribution in [0.3, 0.4) is 0 Å². The number of nitrogens with zero attached hydrogens (tertiary/aromatic N) is 1. The van der Waals surface area contributed by atoms with Crippen molar-refractivity contribution in [3.05, 3.63) is 59.1 Å². The molecule has 2 amide bonds. The third kappa shape index (κ3) is 8.32. The number of hydrazone groups is 1. The van der Waals surface area contributed by atoms with Crippen LogP contribution in [-0.4, -0.2) is 37.2 Å². The Kier molecular flexibility index (Phi) is 9.33. The fraction of sp³-hybridized carbons (Fsp3) is 0.238. The lowest BCUT2D eigenvalue weighted by Crippen LogP contribution is -2.20. The minimum Gasteiger partial charge on any atom is -0.482 e. The molecule has 0 spiro atoms. The number of halogens is 1. The van der Waals surface area contributed by atoms with Gasteiger partial charge in [-0.1, -0.05) is 35.9 Å². The summed E-state index contributed by atoms with van der Waals surface area (Å²) in [6.45, 7) is 1.81. The van der Waals surface area contributed by atoms with Crippen molar-refractivity contribution in [1.29, 1.82) is 0 Å². The number of nitrogens with one attached hydrogen (secondary N) is 2. The molecule has 0 aromatic heterocycles. The highest BCUT2D eigenvalue weighted by Gasteiger charge is 2.08. The first-order valence-corrected chi connectivity index (χ1v) is 9.60. The van der Waals surface area contributed by atoms with Gasteiger partial charge in [0.25, 0.3) is 0 Å². The average molecular weight is 432 g/mol. The maximum atomic E-state index is 11.9. The molecule has 9 heteroatoms. The number of para-hydroxylation sites is 1. The molecule has 0 aliphatic heterocycles. The Morgan fingerprint density at radius 3 is 2.60 bits per heavy atom. The average Bonchev–Trinajstić information content (AvgIpc) is 2.73. The number of hydrogen-bond acceptors (Lipinski definition) is 6. The normalized spacial score (nSPS) is 10.5. The maximum absolute atomic E-state index is 11.9. The summed E-state index contributed by atoms with van der Waals surface area (Å²) in [5.74, 6) is -0.721. The predicted octanol–water partition coefficient (Wildman–Crippen LogP) is 3.15. The Morgan fingerprint density at radius 1 is 1.07 bits per heavy atom. The molecule has 0 heterocycles. The standard InChI is InChI=1S/C21H22ClN3O5/c1-2-29-21(28)14-30-16-7-5-6-15(12-16)13-23-25-20(27)11-10-19(26)24-18-9-4-3-8-17(18)22/h3-9,12-13H,2,10-11,14H2,1H3,(H,24,26)(H,25,27). The van der Waals surface area contributed by atoms with E-state index in [1.807, 2.05) is 0 Å². The molecule has 0 unspecified atom stereocenters. The Bertz CT molecular complexity index is 917. The molecule has 0 saturated carbocycles. The first-order valence-electron chi connectivity index (χ1n) is 9.22. The third-order valence-corrected chi connectivity index (χ3v) is 3.98. The molecule has 2 aromatic carbocycles. The second-order valence-electron chi connectivity index (χ2n) is 5.99. The summed E-state index contributed by atoms with van der Waals surface area (Å²) in [6.07, 6.45) is 1.39. The zero-order valence-corrected chi connectivity index (χ0v) is 17.1. The smallest absolute Gasteiger partial charge is 0.344 e. The number of amides is 2. The molecule has 2 aromatic rings. The lowest BCUT2D eigenvalue weighted by atomic mass is 10.2. The van der Waals surface area contributed by atoms with E-state index in [0.717, 1.165) is 0 Å². The molecule has 0 atom stereocenters. The number of esters is 1. The van der Waals surface area contributed by atoms with Gasteiger partial charge in [0.05, 0.1) is 23.5 Å². The van der Waals surface area contributed by atoms with Crippen LogP contribution in [0, 0.1) is 0 Å². The van der Waals surface area contributed by atoms with Gasteiger partial charge < -0.3 is 14.8 Å². The van der Waals surface area contributed by atoms with Crippen LogP contribution in [0.25, 0.3) is 0 Å². The highest BCUT2D eigenvalue weighted by atomic mass is 35.5. The number of hydrogen-bond donors (Lipinski definition) is 2. The Hall–Kier alpha value is -3.39. The van der Waals surface area contributed by atoms with Crippen LogP contribution in [-0.2, 0) is 19.1 Å². The van der Waals surface area contributed by atoms with Gasteiger partial charge in [-0.2, -0.15) is 5.10 Å². The Balaban J connectivity index is 1.75. The number of carbonyl (C=O) groups is 3. The van der Waals surface area contributed by atoms with Gasteiger partial charge in [0.15, 0.2) is 6.61 Å². The summed E-state index contributed by atoms with van der Waals surface area (Å²) in [4.78, 5) is 35.1. The summed E-state index contributed by atoms with van der Waals surface area (Å²) in [7, 11) is 0. The van der Waals surface area contributed by atoms with Crippen LogP contribution in [0.1, 0.15) is 25.3 Å². The van der Waals surface area contributed by atoms with E-state index in [0.29, 0.717) is 22.0 Å². The lowest BCUT2D eigenvalue weighted by Gasteiger charge is -2.06. The summed E-state index contributed by atoms with van der Waals surface area (Å²) in [5.41, 5.74) is 3.51. The molecule has 0 radical (unpaired) electrons. The highest BCUT2D eigenvalue weighted by Crippen LogP contribution is 2.20. The van der Waals surface area contributed by atoms with Crippen LogP contribution >= 0.6 is 11.6 Å². The van der Waals surface area contributed by atoms with Crippen LogP contribution < -0.4 is 15.5 Å². The molecule has 30 heavy (non-hydrogen) atoms. The van der Waals surface area contributed by atoms with Crippen molar-refractivity contribution in [3.8, 4) is 5.75 Å². The minimum absolute atomic E-state index is 0.0102. The molecular formula is C21H22ClN3O5. The zero-order chi connectivity index (χ0) is 21.8. The van der Waals surface area contributed by atoms with E-state index in [1.54, 1.807) is 55.5 Å². The fourth-order valence-corrected chi connectivity index (χ4v) is 2.45. The third-order valence-electron chi connectivity index (χ3n) is 3.65. The second-order valence-corrected chi connectivity index (χ2v) is 6.39. The summed E-state index contributed by atoms with van der Waals surface area (Å²) in [6, 6.07) is 13.7. The number of rotatable bonds is 10. The van der Waals surface area contributed by atoms with Crippen LogP contribution in [0.2, 0.25) is 5.02 Å². The Labute approximate surface area is 179 Å². The molecule has 158 valence electrons. The van der Waals surface area contributed by atoms with E-state index in [-0.39, 0.29) is 32.0 Å². The van der Waals surface area contributed by atoms with Gasteiger partial charge in [-0.25, -0.2) is 10.2 Å². The van der Waals surface area contributed by atoms with E-state index in [9.17, 15) is 14.4 Å². The minimum atomic E-state index is -0.456. The molecule has 0 aliphatic rings. The van der Waals surface area contributed by atoms with E-state index in [2.05, 4.69) is 15.8 Å². The first kappa shape index (κ1) is 22.9. The van der Waals surface area contributed by atoms with Crippen molar-refractivity contribution in [2.45, 2.75) is 19.8 Å². The van der Waals surface area contributed by atoms with E-state index < -0.39 is 11.9 Å². The lowest BCUT2D eigenvalue weighted by molar-refractivity contribution is -0.145. The zero-order valence-electron chi connectivity index (χ0n) is 16.4. The molecule has 2 rings (SSSR count). The van der Waals surface area contributed by atoms with Crippen molar-refractivity contribution < 1.29 is 23.9 Å². The maximum Gasteiger partial charge on any atom is 0.344 e. The summed E-state index contributed by atoms with van der Waals surface area (Å²) in [5, 5.41) is 6.93. The number of benzene rings is 2. The molecule has 0 aliphatic carbocycles. The van der Waals surface area contributed by atoms with Gasteiger partial charge in [0, 0.05) is 12.8 Å². The summed E-state index contributed by atoms with van der Waals surface area (Å²) < 4.78 is 10.1. The predicted molar refractivity (Wildman–Crippen MR) is 114 cm³/mol. The summed E-state index contributed by atoms with van der Waals surface area (Å²) >= 11 is 5.97. The van der Waals surface area contributed by atoms with E-state index in [1.165, 1.54) is 6.21 Å². The monoisotopic (exact) mass is 431 g/mol.